The van der Waals surface area contributed by atoms with Gasteiger partial charge in [-0.1, -0.05) is 71.5 Å². The largest absolute Gasteiger partial charge is 0.332 e. The van der Waals surface area contributed by atoms with Crippen molar-refractivity contribution in [2.75, 3.05) is 0 Å². The molecule has 0 saturated carbocycles. The van der Waals surface area contributed by atoms with E-state index in [9.17, 15) is 24.5 Å². The number of rotatable bonds is 10. The monoisotopic (exact) mass is 614 g/mol. The van der Waals surface area contributed by atoms with Gasteiger partial charge in [-0.15, -0.1) is 0 Å². The summed E-state index contributed by atoms with van der Waals surface area (Å²) >= 11 is 1.46. The maximum Gasteiger partial charge on any atom is 0.332 e. The highest BCUT2D eigenvalue weighted by atomic mass is 32.2. The normalized spacial score (nSPS) is 11.1. The maximum absolute atomic E-state index is 13.4. The average Bonchev–Trinajstić information content (AvgIpc) is 3.06. The zero-order valence-electron chi connectivity index (χ0n) is 24.3. The SMILES string of the molecule is CC(=O)O/N=C(/C(=O)c1ccc(Sc2ccc(C(=O)c3ccc(-c4ccccc4)cc3)cc2)cc1)c1ccc([N+](=O)[O-])cc1C. The van der Waals surface area contributed by atoms with Gasteiger partial charge in [-0.25, -0.2) is 4.79 Å². The number of nitro groups is 1. The summed E-state index contributed by atoms with van der Waals surface area (Å²) in [7, 11) is 0. The van der Waals surface area contributed by atoms with Crippen molar-refractivity contribution in [3.63, 3.8) is 0 Å². The van der Waals surface area contributed by atoms with Crippen LogP contribution in [0.5, 0.6) is 0 Å². The average molecular weight is 615 g/mol. The number of carbonyl (C=O) groups excluding carboxylic acids is 3. The Kier molecular flexibility index (Phi) is 9.40. The van der Waals surface area contributed by atoms with Crippen molar-refractivity contribution >= 4 is 40.7 Å². The number of non-ortho nitro benzene ring substituents is 1. The molecule has 0 fully saturated rings. The van der Waals surface area contributed by atoms with Gasteiger partial charge in [0, 0.05) is 51.1 Å². The van der Waals surface area contributed by atoms with Crippen LogP contribution in [0, 0.1) is 17.0 Å². The molecular formula is C36H26N2O6S. The molecule has 0 heterocycles. The second kappa shape index (κ2) is 13.7. The van der Waals surface area contributed by atoms with Gasteiger partial charge in [0.1, 0.15) is 0 Å². The standard InChI is InChI=1S/C36H26N2O6S/c1-23-22-30(38(42)43)16-21-33(23)34(37-44-24(2)39)36(41)29-14-19-32(20-15-29)45-31-17-12-28(13-18-31)35(40)27-10-8-26(9-11-27)25-6-4-3-5-7-25/h3-22H,1-2H3/b37-34+. The fourth-order valence-electron chi connectivity index (χ4n) is 4.58. The Morgan fingerprint density at radius 2 is 1.24 bits per heavy atom. The second-order valence-electron chi connectivity index (χ2n) is 10.0. The van der Waals surface area contributed by atoms with E-state index >= 15 is 0 Å². The number of hydrogen-bond donors (Lipinski definition) is 0. The molecule has 0 atom stereocenters. The van der Waals surface area contributed by atoms with Gasteiger partial charge in [-0.2, -0.15) is 0 Å². The van der Waals surface area contributed by atoms with Crippen molar-refractivity contribution in [1.29, 1.82) is 0 Å². The molecule has 0 aliphatic carbocycles. The lowest BCUT2D eigenvalue weighted by Gasteiger charge is -2.09. The summed E-state index contributed by atoms with van der Waals surface area (Å²) in [4.78, 5) is 55.1. The third kappa shape index (κ3) is 7.46. The van der Waals surface area contributed by atoms with E-state index in [1.165, 1.54) is 30.0 Å². The number of nitro benzene ring substituents is 1. The Balaban J connectivity index is 1.28. The molecule has 0 amide bonds. The smallest absolute Gasteiger partial charge is 0.318 e. The number of ketones is 2. The first-order chi connectivity index (χ1) is 21.7. The predicted octanol–water partition coefficient (Wildman–Crippen LogP) is 8.10. The summed E-state index contributed by atoms with van der Waals surface area (Å²) in [5.41, 5.74) is 4.08. The number of aryl methyl sites for hydroxylation is 1. The quantitative estimate of drug-likeness (QED) is 0.0513. The molecule has 0 N–H and O–H groups in total. The van der Waals surface area contributed by atoms with Crippen LogP contribution in [0.1, 0.15) is 44.3 Å². The molecule has 0 bridgehead atoms. The number of nitrogens with zero attached hydrogens (tertiary/aromatic N) is 2. The lowest BCUT2D eigenvalue weighted by atomic mass is 9.97. The van der Waals surface area contributed by atoms with E-state index in [1.54, 1.807) is 43.3 Å². The molecule has 0 aliphatic rings. The highest BCUT2D eigenvalue weighted by molar-refractivity contribution is 7.99. The van der Waals surface area contributed by atoms with Gasteiger partial charge in [0.25, 0.3) is 5.69 Å². The van der Waals surface area contributed by atoms with Crippen molar-refractivity contribution in [3.8, 4) is 11.1 Å². The van der Waals surface area contributed by atoms with E-state index in [0.29, 0.717) is 27.8 Å². The summed E-state index contributed by atoms with van der Waals surface area (Å²) < 4.78 is 0. The number of benzene rings is 5. The third-order valence-electron chi connectivity index (χ3n) is 6.88. The van der Waals surface area contributed by atoms with E-state index in [-0.39, 0.29) is 17.2 Å². The van der Waals surface area contributed by atoms with E-state index in [2.05, 4.69) is 5.16 Å². The van der Waals surface area contributed by atoms with Crippen molar-refractivity contribution in [1.82, 2.24) is 0 Å². The van der Waals surface area contributed by atoms with E-state index in [0.717, 1.165) is 27.8 Å². The van der Waals surface area contributed by atoms with Crippen molar-refractivity contribution in [2.45, 2.75) is 23.6 Å². The number of oxime groups is 1. The summed E-state index contributed by atoms with van der Waals surface area (Å²) in [6.07, 6.45) is 0. The van der Waals surface area contributed by atoms with Crippen molar-refractivity contribution < 1.29 is 24.1 Å². The molecule has 0 aromatic heterocycles. The predicted molar refractivity (Wildman–Crippen MR) is 173 cm³/mol. The van der Waals surface area contributed by atoms with Gasteiger partial charge in [0.05, 0.1) is 4.92 Å². The summed E-state index contributed by atoms with van der Waals surface area (Å²) in [6.45, 7) is 2.77. The van der Waals surface area contributed by atoms with Crippen LogP contribution in [-0.4, -0.2) is 28.2 Å². The first-order valence-corrected chi connectivity index (χ1v) is 14.6. The molecule has 222 valence electrons. The summed E-state index contributed by atoms with van der Waals surface area (Å²) in [5, 5.41) is 14.9. The lowest BCUT2D eigenvalue weighted by molar-refractivity contribution is -0.384. The molecule has 0 unspecified atom stereocenters. The van der Waals surface area contributed by atoms with Gasteiger partial charge < -0.3 is 4.84 Å². The second-order valence-corrected chi connectivity index (χ2v) is 11.2. The number of carbonyl (C=O) groups is 3. The lowest BCUT2D eigenvalue weighted by Crippen LogP contribution is -2.18. The van der Waals surface area contributed by atoms with E-state index in [1.807, 2.05) is 66.7 Å². The van der Waals surface area contributed by atoms with E-state index < -0.39 is 16.7 Å². The minimum atomic E-state index is -0.708. The Morgan fingerprint density at radius 1 is 0.711 bits per heavy atom. The van der Waals surface area contributed by atoms with Gasteiger partial charge in [0.15, 0.2) is 11.5 Å². The fourth-order valence-corrected chi connectivity index (χ4v) is 5.40. The molecule has 0 aliphatic heterocycles. The number of Topliss-reactive ketones (excluding diaryl/α,β-unsaturated/α-hetero) is 1. The van der Waals surface area contributed by atoms with Crippen LogP contribution in [-0.2, 0) is 9.63 Å². The van der Waals surface area contributed by atoms with Crippen LogP contribution in [0.3, 0.4) is 0 Å². The Morgan fingerprint density at radius 3 is 1.78 bits per heavy atom. The minimum absolute atomic E-state index is 0.0662. The van der Waals surface area contributed by atoms with Crippen LogP contribution in [0.15, 0.2) is 136 Å². The summed E-state index contributed by atoms with van der Waals surface area (Å²) in [6, 6.07) is 35.7. The first-order valence-electron chi connectivity index (χ1n) is 13.8. The van der Waals surface area contributed by atoms with Crippen LogP contribution < -0.4 is 0 Å². The van der Waals surface area contributed by atoms with E-state index in [4.69, 9.17) is 4.84 Å². The van der Waals surface area contributed by atoms with Crippen LogP contribution >= 0.6 is 11.8 Å². The number of hydrogen-bond acceptors (Lipinski definition) is 8. The Hall–Kier alpha value is -5.67. The highest BCUT2D eigenvalue weighted by Crippen LogP contribution is 2.29. The van der Waals surface area contributed by atoms with Crippen LogP contribution in [0.4, 0.5) is 5.69 Å². The van der Waals surface area contributed by atoms with Gasteiger partial charge in [-0.3, -0.25) is 19.7 Å². The zero-order valence-corrected chi connectivity index (χ0v) is 25.1. The van der Waals surface area contributed by atoms with Gasteiger partial charge in [0.2, 0.25) is 5.78 Å². The fraction of sp³-hybridized carbons (Fsp3) is 0.0556. The highest BCUT2D eigenvalue weighted by Gasteiger charge is 2.21. The molecule has 45 heavy (non-hydrogen) atoms. The Bertz CT molecular complexity index is 1920. The zero-order chi connectivity index (χ0) is 31.9. The van der Waals surface area contributed by atoms with Crippen LogP contribution in [0.2, 0.25) is 0 Å². The molecule has 5 aromatic rings. The maximum atomic E-state index is 13.4. The van der Waals surface area contributed by atoms with Crippen LogP contribution in [0.25, 0.3) is 11.1 Å². The van der Waals surface area contributed by atoms with Gasteiger partial charge >= 0.3 is 5.97 Å². The molecule has 0 saturated heterocycles. The van der Waals surface area contributed by atoms with Crippen molar-refractivity contribution in [2.24, 2.45) is 5.16 Å². The first kappa shape index (κ1) is 30.8. The third-order valence-corrected chi connectivity index (χ3v) is 7.90. The molecule has 9 heteroatoms. The molecular weight excluding hydrogens is 588 g/mol. The molecule has 0 spiro atoms. The molecule has 0 radical (unpaired) electrons. The molecule has 5 aromatic carbocycles. The minimum Gasteiger partial charge on any atom is -0.318 e. The summed E-state index contributed by atoms with van der Waals surface area (Å²) in [5.74, 6) is -1.28. The Labute approximate surface area is 263 Å². The topological polar surface area (TPSA) is 116 Å². The molecule has 5 rings (SSSR count). The molecule has 8 nitrogen and oxygen atoms in total. The van der Waals surface area contributed by atoms with Gasteiger partial charge in [-0.05, 0) is 78.2 Å². The van der Waals surface area contributed by atoms with Crippen molar-refractivity contribution in [3.05, 3.63) is 159 Å².